The number of hydrogen-bond donors (Lipinski definition) is 0. The number of fused-ring (bicyclic) bond motifs is 6. The number of nitrogens with zero attached hydrogens (tertiary/aromatic N) is 8. The maximum atomic E-state index is 16.3. The first-order valence-corrected chi connectivity index (χ1v) is 34.2. The molecule has 0 saturated heterocycles. The molecule has 65 heteroatoms. The highest BCUT2D eigenvalue weighted by atomic mass is 19.5. The lowest BCUT2D eigenvalue weighted by atomic mass is 9.95. The molecule has 0 aliphatic carbocycles. The minimum Gasteiger partial charge on any atom is -0.464 e. The highest BCUT2D eigenvalue weighted by molar-refractivity contribution is 6.26. The zero-order valence-electron chi connectivity index (χ0n) is 62.5. The van der Waals surface area contributed by atoms with Gasteiger partial charge in [0.15, 0.2) is 0 Å². The van der Waals surface area contributed by atoms with Gasteiger partial charge < -0.3 is 18.9 Å². The van der Waals surface area contributed by atoms with Crippen molar-refractivity contribution < 1.29 is 252 Å². The molecule has 0 fully saturated rings. The van der Waals surface area contributed by atoms with Crippen molar-refractivity contribution >= 4 is 67.0 Å². The normalized spacial score (nSPS) is 15.7. The molecule has 0 saturated carbocycles. The van der Waals surface area contributed by atoms with Crippen LogP contribution in [0.3, 0.4) is 0 Å². The molecule has 133 heavy (non-hydrogen) atoms. The molecular weight excluding hydrogens is 2000 g/mol. The van der Waals surface area contributed by atoms with Crippen molar-refractivity contribution in [1.29, 1.82) is 0 Å². The van der Waals surface area contributed by atoms with E-state index in [2.05, 4.69) is 39.4 Å². The summed E-state index contributed by atoms with van der Waals surface area (Å²) < 4.78 is 780. The van der Waals surface area contributed by atoms with E-state index in [0.717, 1.165) is 85.8 Å². The third-order valence-corrected chi connectivity index (χ3v) is 18.4. The lowest BCUT2D eigenvalue weighted by Crippen LogP contribution is -2.68. The molecule has 0 bridgehead atoms. The van der Waals surface area contributed by atoms with E-state index in [4.69, 9.17) is 9.47 Å². The first-order valence-electron chi connectivity index (χ1n) is 34.2. The van der Waals surface area contributed by atoms with Gasteiger partial charge in [0.2, 0.25) is 11.9 Å². The van der Waals surface area contributed by atoms with E-state index in [1.54, 1.807) is 0 Å². The van der Waals surface area contributed by atoms with Gasteiger partial charge in [-0.3, -0.25) is 9.80 Å². The maximum absolute atomic E-state index is 16.3. The van der Waals surface area contributed by atoms with Crippen molar-refractivity contribution in [1.82, 2.24) is 29.9 Å². The van der Waals surface area contributed by atoms with E-state index in [0.29, 0.717) is 11.0 Å². The van der Waals surface area contributed by atoms with Gasteiger partial charge in [0.05, 0.1) is 55.4 Å². The van der Waals surface area contributed by atoms with E-state index in [9.17, 15) is 136 Å². The van der Waals surface area contributed by atoms with Crippen LogP contribution in [0.5, 0.6) is 24.0 Å². The fraction of sp³-hybridized carbons (Fsp3) is 0.471. The molecule has 3 heterocycles. The molecule has 1 aliphatic heterocycles. The molecule has 8 rings (SSSR count). The first kappa shape index (κ1) is 108. The van der Waals surface area contributed by atoms with Crippen LogP contribution in [0.1, 0.15) is 26.2 Å². The molecule has 5 aromatic carbocycles. The van der Waals surface area contributed by atoms with Crippen LogP contribution in [0.4, 0.5) is 267 Å². The SMILES string of the molecule is CCOc1nc(OCCC(F)(F)C(F)(F)C(F)(F)C(F)(F)/C=C/C(F)(F)C(F)(F)C(F)(F)C(F)(F)F)nc(N2c3c(c4ccccc4c4ccccc34)N(c3nc(OCCC(F)(F)C(F)(F)C(F)(F)C(F)(F)/C=C/C(F)(F)C(F)(F)C(F)(F)C(F)(F)F)nc(OC(F)(F)C(F)(F)C(F)(F)C(F)(F)C(F)(F)C/C=C/C(F)(F)C(F)(F)C(F)(F)C(F)(F)F)n3)c3cccc4cccc2c34)n1. The zero-order chi connectivity index (χ0) is 102. The quantitative estimate of drug-likeness (QED) is 0.0209. The van der Waals surface area contributed by atoms with E-state index >= 15 is 96.6 Å². The van der Waals surface area contributed by atoms with Crippen LogP contribution >= 0.6 is 0 Å². The molecule has 1 aliphatic rings. The molecule has 0 amide bonds. The molecule has 12 nitrogen and oxygen atoms in total. The third-order valence-electron chi connectivity index (χ3n) is 18.4. The number of rotatable bonds is 37. The van der Waals surface area contributed by atoms with Gasteiger partial charge in [0.1, 0.15) is 0 Å². The number of benzene rings is 5. The van der Waals surface area contributed by atoms with Gasteiger partial charge >= 0.3 is 173 Å². The summed E-state index contributed by atoms with van der Waals surface area (Å²) in [7, 11) is 0. The molecule has 742 valence electrons. The lowest BCUT2D eigenvalue weighted by Gasteiger charge is -2.38. The number of anilines is 6. The lowest BCUT2D eigenvalue weighted by molar-refractivity contribution is -0.431. The summed E-state index contributed by atoms with van der Waals surface area (Å²) in [5.41, 5.74) is -3.65. The highest BCUT2D eigenvalue weighted by Crippen LogP contribution is 2.65. The van der Waals surface area contributed by atoms with Crippen LogP contribution in [0.15, 0.2) is 121 Å². The maximum Gasteiger partial charge on any atom is 0.473 e. The smallest absolute Gasteiger partial charge is 0.464 e. The third kappa shape index (κ3) is 17.4. The van der Waals surface area contributed by atoms with Crippen LogP contribution < -0.4 is 28.7 Å². The molecule has 0 atom stereocenters. The Morgan fingerprint density at radius 2 is 0.549 bits per heavy atom. The number of aromatic nitrogens is 6. The molecule has 0 spiro atoms. The minimum atomic E-state index is -8.78. The topological polar surface area (TPSA) is 121 Å². The average molecular weight is 2030 g/mol. The van der Waals surface area contributed by atoms with E-state index in [1.807, 2.05) is 0 Å². The Morgan fingerprint density at radius 3 is 0.865 bits per heavy atom. The zero-order valence-corrected chi connectivity index (χ0v) is 62.5. The summed E-state index contributed by atoms with van der Waals surface area (Å²) in [6.45, 7) is -5.14. The summed E-state index contributed by atoms with van der Waals surface area (Å²) in [5, 5.41) is -2.84. The monoisotopic (exact) mass is 2030 g/mol. The number of allylic oxidation sites excluding steroid dienone is 6. The standard InChI is InChI=1S/C68H35F53N8O4/c1-2-130-40-122-38(123-41(126-40)131-26-24-50(81,82)54(89,90)52(85,86)46(73,74)20-22-48(77,78)58(97,98)62(105,106)66(114,115)116)128-33-16-7-10-28-11-8-17-34(35(28)33)129(37-32-15-6-4-13-30(32)29-12-3-5-14-31(29)36(37)128)39-124-42(132-27-25-51(83,84)55(91,92)53(87,88)47(75,76)21-23-49(79,80)59(99,100)63(107,108)67(117,118)119)127-43(125-39)133-68(120,121)64(109,110)60(101,102)56(93,94)44(69,70)18-9-19-45(71,72)57(95,96)61(103,104)65(111,112)113/h3-17,19-23H,2,18,24-27H2,1H3/b19-9+,22-20+,23-21+. The number of alkyl halides is 53. The Labute approximate surface area is 698 Å². The molecule has 0 unspecified atom stereocenters. The van der Waals surface area contributed by atoms with Gasteiger partial charge in [-0.05, 0) is 65.6 Å². The number of halogens is 53. The number of hydrogen-bond acceptors (Lipinski definition) is 12. The fourth-order valence-corrected chi connectivity index (χ4v) is 11.2. The predicted octanol–water partition coefficient (Wildman–Crippen LogP) is 26.8. The summed E-state index contributed by atoms with van der Waals surface area (Å²) >= 11 is 0. The van der Waals surface area contributed by atoms with Crippen LogP contribution in [-0.4, -0.2) is 199 Å². The summed E-state index contributed by atoms with van der Waals surface area (Å²) in [6, 6.07) is 4.53. The average Bonchev–Trinajstić information content (AvgIpc) is 1.64. The van der Waals surface area contributed by atoms with Gasteiger partial charge in [-0.2, -0.15) is 253 Å². The van der Waals surface area contributed by atoms with E-state index < -0.39 is 305 Å². The van der Waals surface area contributed by atoms with Crippen molar-refractivity contribution in [3.8, 4) is 24.0 Å². The van der Waals surface area contributed by atoms with E-state index in [-0.39, 0.29) is 15.7 Å². The van der Waals surface area contributed by atoms with Gasteiger partial charge in [0, 0.05) is 22.6 Å². The second kappa shape index (κ2) is 33.3. The summed E-state index contributed by atoms with van der Waals surface area (Å²) in [5.74, 6) is -168. The second-order valence-corrected chi connectivity index (χ2v) is 27.2. The Kier molecular flexibility index (Phi) is 27.0. The Balaban J connectivity index is 1.33. The van der Waals surface area contributed by atoms with Gasteiger partial charge in [-0.1, -0.05) is 78.9 Å². The fourth-order valence-electron chi connectivity index (χ4n) is 11.2. The van der Waals surface area contributed by atoms with Gasteiger partial charge in [0.25, 0.3) is 0 Å². The van der Waals surface area contributed by atoms with Crippen LogP contribution in [-0.2, 0) is 0 Å². The second-order valence-electron chi connectivity index (χ2n) is 27.2. The predicted molar refractivity (Wildman–Crippen MR) is 340 cm³/mol. The van der Waals surface area contributed by atoms with Crippen molar-refractivity contribution in [2.75, 3.05) is 29.6 Å². The highest BCUT2D eigenvalue weighted by Gasteiger charge is 2.89. The Morgan fingerprint density at radius 1 is 0.271 bits per heavy atom. The van der Waals surface area contributed by atoms with Gasteiger partial charge in [-0.15, -0.1) is 9.97 Å². The molecule has 7 aromatic rings. The molecule has 0 N–H and O–H groups in total. The molecular formula is C68H35F53N8O4. The van der Waals surface area contributed by atoms with Crippen molar-refractivity contribution in [2.45, 2.75) is 175 Å². The largest absolute Gasteiger partial charge is 0.473 e. The molecule has 2 aromatic heterocycles. The molecule has 0 radical (unpaired) electrons. The Bertz CT molecular complexity index is 5520. The van der Waals surface area contributed by atoms with Crippen molar-refractivity contribution in [3.63, 3.8) is 0 Å². The van der Waals surface area contributed by atoms with Crippen molar-refractivity contribution in [3.05, 3.63) is 121 Å². The Hall–Kier alpha value is -10.8. The summed E-state index contributed by atoms with van der Waals surface area (Å²) in [4.78, 5) is 21.1. The summed E-state index contributed by atoms with van der Waals surface area (Å²) in [6.07, 6.45) is -57.0. The number of ether oxygens (including phenoxy) is 4. The van der Waals surface area contributed by atoms with E-state index in [1.165, 1.54) is 0 Å². The minimum absolute atomic E-state index is 0.170. The van der Waals surface area contributed by atoms with Gasteiger partial charge in [-0.25, -0.2) is 0 Å². The van der Waals surface area contributed by atoms with Crippen molar-refractivity contribution in [2.24, 2.45) is 0 Å². The van der Waals surface area contributed by atoms with Crippen LogP contribution in [0.2, 0.25) is 0 Å². The first-order chi connectivity index (χ1) is 59.4. The van der Waals surface area contributed by atoms with Crippen LogP contribution in [0.25, 0.3) is 32.3 Å². The van der Waals surface area contributed by atoms with Crippen LogP contribution in [0, 0.1) is 0 Å².